The van der Waals surface area contributed by atoms with Gasteiger partial charge in [-0.15, -0.1) is 0 Å². The van der Waals surface area contributed by atoms with Crippen LogP contribution < -0.4 is 10.2 Å². The number of aryl methyl sites for hydroxylation is 1. The van der Waals surface area contributed by atoms with Gasteiger partial charge < -0.3 is 10.2 Å². The normalized spacial score (nSPS) is 14.0. The molecule has 0 saturated heterocycles. The van der Waals surface area contributed by atoms with Gasteiger partial charge in [0.05, 0.1) is 0 Å². The predicted molar refractivity (Wildman–Crippen MR) is 119 cm³/mol. The molecule has 0 atom stereocenters. The van der Waals surface area contributed by atoms with Crippen LogP contribution in [0.3, 0.4) is 0 Å². The van der Waals surface area contributed by atoms with Crippen LogP contribution in [-0.4, -0.2) is 12.5 Å². The summed E-state index contributed by atoms with van der Waals surface area (Å²) in [6.07, 6.45) is 2.70. The summed E-state index contributed by atoms with van der Waals surface area (Å²) in [7, 11) is 0. The maximum absolute atomic E-state index is 12.5. The van der Waals surface area contributed by atoms with Gasteiger partial charge in [0.25, 0.3) is 0 Å². The molecule has 3 rings (SSSR count). The molecule has 0 bridgehead atoms. The van der Waals surface area contributed by atoms with E-state index in [-0.39, 0.29) is 11.3 Å². The van der Waals surface area contributed by atoms with Crippen molar-refractivity contribution in [2.75, 3.05) is 16.8 Å². The van der Waals surface area contributed by atoms with E-state index in [1.54, 1.807) is 0 Å². The van der Waals surface area contributed by atoms with Gasteiger partial charge in [0.15, 0.2) is 0 Å². The van der Waals surface area contributed by atoms with E-state index in [2.05, 4.69) is 63.0 Å². The Labute approximate surface area is 174 Å². The molecular weight excluding hydrogens is 368 g/mol. The third-order valence-corrected chi connectivity index (χ3v) is 5.57. The molecule has 1 aliphatic heterocycles. The molecule has 0 unspecified atom stereocenters. The SMILES string of the molecule is Cc1cc2c(c(C)c1NC(=O)CC(C)(C)C)CCCN2Cc1ccc(Cl)cc1. The maximum Gasteiger partial charge on any atom is 0.224 e. The quantitative estimate of drug-likeness (QED) is 0.656. The zero-order chi connectivity index (χ0) is 20.5. The number of carbonyl (C=O) groups is 1. The van der Waals surface area contributed by atoms with Crippen molar-refractivity contribution in [1.29, 1.82) is 0 Å². The molecule has 0 aliphatic carbocycles. The van der Waals surface area contributed by atoms with Crippen LogP contribution in [0.4, 0.5) is 11.4 Å². The van der Waals surface area contributed by atoms with Crippen LogP contribution in [-0.2, 0) is 17.8 Å². The largest absolute Gasteiger partial charge is 0.367 e. The van der Waals surface area contributed by atoms with E-state index < -0.39 is 0 Å². The first-order valence-electron chi connectivity index (χ1n) is 10.1. The van der Waals surface area contributed by atoms with Gasteiger partial charge in [-0.1, -0.05) is 44.5 Å². The minimum Gasteiger partial charge on any atom is -0.367 e. The Morgan fingerprint density at radius 1 is 1.18 bits per heavy atom. The lowest BCUT2D eigenvalue weighted by molar-refractivity contribution is -0.117. The van der Waals surface area contributed by atoms with Crippen molar-refractivity contribution < 1.29 is 4.79 Å². The van der Waals surface area contributed by atoms with E-state index in [0.29, 0.717) is 6.42 Å². The number of nitrogens with zero attached hydrogens (tertiary/aromatic N) is 1. The predicted octanol–water partition coefficient (Wildman–Crippen LogP) is 6.28. The number of amides is 1. The van der Waals surface area contributed by atoms with E-state index in [4.69, 9.17) is 11.6 Å². The molecular formula is C24H31ClN2O. The Bertz CT molecular complexity index is 866. The highest BCUT2D eigenvalue weighted by molar-refractivity contribution is 6.30. The first-order chi connectivity index (χ1) is 13.1. The van der Waals surface area contributed by atoms with Crippen LogP contribution in [0.1, 0.15) is 55.9 Å². The van der Waals surface area contributed by atoms with Gasteiger partial charge in [0.1, 0.15) is 0 Å². The summed E-state index contributed by atoms with van der Waals surface area (Å²) in [5.41, 5.74) is 7.22. The lowest BCUT2D eigenvalue weighted by Gasteiger charge is -2.34. The van der Waals surface area contributed by atoms with Gasteiger partial charge >= 0.3 is 0 Å². The average molecular weight is 399 g/mol. The second-order valence-electron chi connectivity index (χ2n) is 9.13. The van der Waals surface area contributed by atoms with E-state index in [9.17, 15) is 4.79 Å². The van der Waals surface area contributed by atoms with Crippen LogP contribution in [0.5, 0.6) is 0 Å². The Morgan fingerprint density at radius 3 is 2.50 bits per heavy atom. The van der Waals surface area contributed by atoms with Crippen molar-refractivity contribution in [3.8, 4) is 0 Å². The number of anilines is 2. The van der Waals surface area contributed by atoms with Gasteiger partial charge in [-0.2, -0.15) is 0 Å². The van der Waals surface area contributed by atoms with Crippen molar-refractivity contribution in [3.63, 3.8) is 0 Å². The Hall–Kier alpha value is -2.00. The topological polar surface area (TPSA) is 32.3 Å². The molecule has 2 aromatic carbocycles. The fourth-order valence-electron chi connectivity index (χ4n) is 4.00. The molecule has 0 fully saturated rings. The van der Waals surface area contributed by atoms with Gasteiger partial charge in [0.2, 0.25) is 5.91 Å². The molecule has 0 spiro atoms. The number of carbonyl (C=O) groups excluding carboxylic acids is 1. The highest BCUT2D eigenvalue weighted by atomic mass is 35.5. The molecule has 2 aromatic rings. The molecule has 0 saturated carbocycles. The molecule has 1 aliphatic rings. The first kappa shape index (κ1) is 20.7. The number of nitrogens with one attached hydrogen (secondary N) is 1. The minimum absolute atomic E-state index is 0.0184. The van der Waals surface area contributed by atoms with E-state index in [1.165, 1.54) is 22.4 Å². The summed E-state index contributed by atoms with van der Waals surface area (Å²) in [6.45, 7) is 12.4. The zero-order valence-electron chi connectivity index (χ0n) is 17.7. The van der Waals surface area contributed by atoms with Crippen molar-refractivity contribution in [1.82, 2.24) is 0 Å². The van der Waals surface area contributed by atoms with Crippen molar-refractivity contribution >= 4 is 28.9 Å². The Morgan fingerprint density at radius 2 is 1.86 bits per heavy atom. The fraction of sp³-hybridized carbons (Fsp3) is 0.458. The number of fused-ring (bicyclic) bond motifs is 1. The molecule has 3 nitrogen and oxygen atoms in total. The lowest BCUT2D eigenvalue weighted by atomic mass is 9.90. The van der Waals surface area contributed by atoms with Crippen LogP contribution in [0, 0.1) is 19.3 Å². The van der Waals surface area contributed by atoms with Crippen LogP contribution in [0.25, 0.3) is 0 Å². The standard InChI is InChI=1S/C24H31ClN2O/c1-16-13-21-20(17(2)23(16)26-22(28)14-24(3,4)5)7-6-12-27(21)15-18-8-10-19(25)11-9-18/h8-11,13H,6-7,12,14-15H2,1-5H3,(H,26,28). The number of hydrogen-bond donors (Lipinski definition) is 1. The number of hydrogen-bond acceptors (Lipinski definition) is 2. The summed E-state index contributed by atoms with van der Waals surface area (Å²) in [5.74, 6) is 0.0903. The summed E-state index contributed by atoms with van der Waals surface area (Å²) in [5, 5.41) is 3.95. The Balaban J connectivity index is 1.87. The van der Waals surface area contributed by atoms with Crippen LogP contribution in [0.2, 0.25) is 5.02 Å². The molecule has 1 N–H and O–H groups in total. The van der Waals surface area contributed by atoms with Crippen molar-refractivity contribution in [2.24, 2.45) is 5.41 Å². The number of benzene rings is 2. The molecule has 28 heavy (non-hydrogen) atoms. The molecule has 0 aromatic heterocycles. The summed E-state index contributed by atoms with van der Waals surface area (Å²) >= 11 is 6.03. The maximum atomic E-state index is 12.5. The van der Waals surface area contributed by atoms with Gasteiger partial charge in [-0.3, -0.25) is 4.79 Å². The van der Waals surface area contributed by atoms with E-state index >= 15 is 0 Å². The highest BCUT2D eigenvalue weighted by Gasteiger charge is 2.23. The monoisotopic (exact) mass is 398 g/mol. The minimum atomic E-state index is -0.0184. The second-order valence-corrected chi connectivity index (χ2v) is 9.56. The van der Waals surface area contributed by atoms with Gasteiger partial charge in [-0.25, -0.2) is 0 Å². The van der Waals surface area contributed by atoms with Crippen molar-refractivity contribution in [3.05, 3.63) is 57.6 Å². The first-order valence-corrected chi connectivity index (χ1v) is 10.4. The molecule has 1 heterocycles. The second kappa shape index (κ2) is 8.16. The van der Waals surface area contributed by atoms with Crippen LogP contribution >= 0.6 is 11.6 Å². The molecule has 4 heteroatoms. The molecule has 0 radical (unpaired) electrons. The highest BCUT2D eigenvalue weighted by Crippen LogP contribution is 2.37. The number of rotatable bonds is 4. The van der Waals surface area contributed by atoms with E-state index in [0.717, 1.165) is 42.2 Å². The molecule has 1 amide bonds. The smallest absolute Gasteiger partial charge is 0.224 e. The van der Waals surface area contributed by atoms with Gasteiger partial charge in [0, 0.05) is 35.9 Å². The number of halogens is 1. The zero-order valence-corrected chi connectivity index (χ0v) is 18.4. The fourth-order valence-corrected chi connectivity index (χ4v) is 4.13. The van der Waals surface area contributed by atoms with Crippen LogP contribution in [0.15, 0.2) is 30.3 Å². The summed E-state index contributed by atoms with van der Waals surface area (Å²) in [6, 6.07) is 10.3. The van der Waals surface area contributed by atoms with Gasteiger partial charge in [-0.05, 0) is 72.6 Å². The average Bonchev–Trinajstić information content (AvgIpc) is 2.60. The molecule has 150 valence electrons. The third kappa shape index (κ3) is 4.88. The third-order valence-electron chi connectivity index (χ3n) is 5.32. The Kier molecular flexibility index (Phi) is 6.04. The summed E-state index contributed by atoms with van der Waals surface area (Å²) < 4.78 is 0. The van der Waals surface area contributed by atoms with Crippen molar-refractivity contribution in [2.45, 2.75) is 60.4 Å². The summed E-state index contributed by atoms with van der Waals surface area (Å²) in [4.78, 5) is 14.9. The lowest BCUT2D eigenvalue weighted by Crippen LogP contribution is -2.30. The van der Waals surface area contributed by atoms with E-state index in [1.807, 2.05) is 12.1 Å².